The fourth-order valence-corrected chi connectivity index (χ4v) is 6.02. The number of rotatable bonds is 10. The first kappa shape index (κ1) is 34.7. The van der Waals surface area contributed by atoms with E-state index in [1.54, 1.807) is 12.3 Å². The van der Waals surface area contributed by atoms with Crippen molar-refractivity contribution >= 4 is 29.7 Å². The summed E-state index contributed by atoms with van der Waals surface area (Å²) in [5, 5.41) is 8.80. The molecule has 0 aromatic heterocycles. The lowest BCUT2D eigenvalue weighted by molar-refractivity contribution is -0.145. The highest BCUT2D eigenvalue weighted by atomic mass is 16.5. The van der Waals surface area contributed by atoms with E-state index >= 15 is 0 Å². The van der Waals surface area contributed by atoms with Gasteiger partial charge in [-0.15, -0.1) is 0 Å². The predicted molar refractivity (Wildman–Crippen MR) is 179 cm³/mol. The molecule has 3 heterocycles. The van der Waals surface area contributed by atoms with Crippen molar-refractivity contribution in [2.45, 2.75) is 83.6 Å². The van der Waals surface area contributed by atoms with Crippen LogP contribution < -0.4 is 20.7 Å². The van der Waals surface area contributed by atoms with E-state index in [9.17, 15) is 19.2 Å². The molecular weight excluding hydrogens is 582 g/mol. The highest BCUT2D eigenvalue weighted by molar-refractivity contribution is 5.96. The molecule has 4 amide bonds. The van der Waals surface area contributed by atoms with Crippen LogP contribution in [0.1, 0.15) is 58.1 Å². The first-order chi connectivity index (χ1) is 22.0. The van der Waals surface area contributed by atoms with Crippen molar-refractivity contribution in [3.05, 3.63) is 71.9 Å². The van der Waals surface area contributed by atoms with Gasteiger partial charge < -0.3 is 25.6 Å². The second kappa shape index (κ2) is 15.9. The third-order valence-electron chi connectivity index (χ3n) is 8.88. The van der Waals surface area contributed by atoms with Crippen LogP contribution in [-0.4, -0.2) is 84.3 Å². The topological polar surface area (TPSA) is 120 Å². The molecule has 248 valence electrons. The molecule has 5 rings (SSSR count). The number of hydrogen-bond acceptors (Lipinski definition) is 6. The Morgan fingerprint density at radius 3 is 2.35 bits per heavy atom. The second-order valence-electron chi connectivity index (χ2n) is 13.1. The lowest BCUT2D eigenvalue weighted by atomic mass is 9.95. The first-order valence-electron chi connectivity index (χ1n) is 16.3. The predicted octanol–water partition coefficient (Wildman–Crippen LogP) is 3.37. The van der Waals surface area contributed by atoms with Crippen molar-refractivity contribution in [3.63, 3.8) is 0 Å². The SMILES string of the molecule is CC[C@H](C)[C@@H](NC(=O)[C@H](CC(C)C)N(C)C)C(=O)N1CC[C@@H]2Oc3ccc(cc3)C=CNC(=O)[C@@H](Cc3ccccc3)NC(=O)[C@H]21. The quantitative estimate of drug-likeness (QED) is 0.370. The van der Waals surface area contributed by atoms with Crippen LogP contribution >= 0.6 is 0 Å². The summed E-state index contributed by atoms with van der Waals surface area (Å²) >= 11 is 0. The van der Waals surface area contributed by atoms with Crippen LogP contribution in [0.2, 0.25) is 0 Å². The number of amides is 4. The molecule has 0 radical (unpaired) electrons. The number of fused-ring (bicyclic) bond motifs is 7. The average Bonchev–Trinajstić information content (AvgIpc) is 3.45. The summed E-state index contributed by atoms with van der Waals surface area (Å²) < 4.78 is 6.36. The number of likely N-dealkylation sites (tertiary alicyclic amines) is 1. The van der Waals surface area contributed by atoms with E-state index < -0.39 is 36.2 Å². The number of carbonyl (C=O) groups excluding carboxylic acids is 4. The van der Waals surface area contributed by atoms with Crippen LogP contribution in [0.25, 0.3) is 6.08 Å². The molecule has 0 saturated carbocycles. The number of nitrogens with zero attached hydrogens (tertiary/aromatic N) is 2. The van der Waals surface area contributed by atoms with Crippen molar-refractivity contribution in [2.75, 3.05) is 20.6 Å². The summed E-state index contributed by atoms with van der Waals surface area (Å²) in [6, 6.07) is 13.7. The molecule has 10 nitrogen and oxygen atoms in total. The van der Waals surface area contributed by atoms with Crippen molar-refractivity contribution in [2.24, 2.45) is 11.8 Å². The summed E-state index contributed by atoms with van der Waals surface area (Å²) in [4.78, 5) is 59.0. The molecule has 46 heavy (non-hydrogen) atoms. The van der Waals surface area contributed by atoms with Gasteiger partial charge >= 0.3 is 0 Å². The minimum Gasteiger partial charge on any atom is -0.488 e. The van der Waals surface area contributed by atoms with Crippen molar-refractivity contribution in [1.82, 2.24) is 25.8 Å². The fraction of sp³-hybridized carbons (Fsp3) is 0.500. The van der Waals surface area contributed by atoms with E-state index in [0.29, 0.717) is 25.0 Å². The van der Waals surface area contributed by atoms with Crippen molar-refractivity contribution < 1.29 is 23.9 Å². The van der Waals surface area contributed by atoms with Gasteiger partial charge in [0.25, 0.3) is 0 Å². The molecule has 3 N–H and O–H groups in total. The van der Waals surface area contributed by atoms with Gasteiger partial charge in [0.05, 0.1) is 6.04 Å². The normalized spacial score (nSPS) is 21.9. The summed E-state index contributed by atoms with van der Waals surface area (Å²) in [5.41, 5.74) is 1.75. The van der Waals surface area contributed by atoms with Gasteiger partial charge in [0.15, 0.2) is 0 Å². The number of benzene rings is 2. The van der Waals surface area contributed by atoms with Crippen LogP contribution in [0.15, 0.2) is 60.8 Å². The highest BCUT2D eigenvalue weighted by Gasteiger charge is 2.47. The molecule has 10 heteroatoms. The Morgan fingerprint density at radius 1 is 1.02 bits per heavy atom. The minimum absolute atomic E-state index is 0.184. The Bertz CT molecular complexity index is 1380. The number of nitrogens with one attached hydrogen (secondary N) is 3. The van der Waals surface area contributed by atoms with Gasteiger partial charge in [0.1, 0.15) is 30.0 Å². The van der Waals surface area contributed by atoms with E-state index in [-0.39, 0.29) is 42.5 Å². The van der Waals surface area contributed by atoms with Gasteiger partial charge in [0, 0.05) is 25.6 Å². The molecule has 2 bridgehead atoms. The van der Waals surface area contributed by atoms with E-state index in [1.165, 1.54) is 4.90 Å². The summed E-state index contributed by atoms with van der Waals surface area (Å²) in [6.45, 7) is 8.30. The zero-order valence-corrected chi connectivity index (χ0v) is 27.9. The zero-order valence-electron chi connectivity index (χ0n) is 27.9. The van der Waals surface area contributed by atoms with Crippen LogP contribution in [0.5, 0.6) is 5.75 Å². The van der Waals surface area contributed by atoms with E-state index in [4.69, 9.17) is 4.74 Å². The summed E-state index contributed by atoms with van der Waals surface area (Å²) in [7, 11) is 3.72. The van der Waals surface area contributed by atoms with Crippen LogP contribution in [0.3, 0.4) is 0 Å². The Hall–Kier alpha value is -4.18. The number of ether oxygens (including phenoxy) is 1. The molecule has 1 fully saturated rings. The number of hydrogen-bond donors (Lipinski definition) is 3. The summed E-state index contributed by atoms with van der Waals surface area (Å²) in [5.74, 6) is -0.732. The number of likely N-dealkylation sites (N-methyl/N-ethyl adjacent to an activating group) is 1. The smallest absolute Gasteiger partial charge is 0.247 e. The molecule has 3 aliphatic rings. The van der Waals surface area contributed by atoms with Crippen LogP contribution in [0.4, 0.5) is 0 Å². The maximum absolute atomic E-state index is 14.4. The maximum atomic E-state index is 14.4. The molecule has 1 saturated heterocycles. The molecule has 0 unspecified atom stereocenters. The third kappa shape index (κ3) is 8.75. The van der Waals surface area contributed by atoms with E-state index in [2.05, 4.69) is 29.8 Å². The van der Waals surface area contributed by atoms with Crippen LogP contribution in [0, 0.1) is 11.8 Å². The van der Waals surface area contributed by atoms with Gasteiger partial charge in [-0.2, -0.15) is 0 Å². The second-order valence-corrected chi connectivity index (χ2v) is 13.1. The lowest BCUT2D eigenvalue weighted by Crippen LogP contribution is -2.61. The molecule has 0 aliphatic carbocycles. The molecule has 0 spiro atoms. The van der Waals surface area contributed by atoms with Gasteiger partial charge in [-0.1, -0.05) is 76.6 Å². The van der Waals surface area contributed by atoms with Gasteiger partial charge in [-0.25, -0.2) is 0 Å². The average molecular weight is 632 g/mol. The van der Waals surface area contributed by atoms with Gasteiger partial charge in [-0.05, 0) is 61.7 Å². The third-order valence-corrected chi connectivity index (χ3v) is 8.88. The van der Waals surface area contributed by atoms with E-state index in [0.717, 1.165) is 11.1 Å². The van der Waals surface area contributed by atoms with Crippen LogP contribution in [-0.2, 0) is 25.6 Å². The molecule has 3 aliphatic heterocycles. The number of carbonyl (C=O) groups is 4. The zero-order chi connectivity index (χ0) is 33.4. The van der Waals surface area contributed by atoms with Gasteiger partial charge in [-0.3, -0.25) is 24.1 Å². The van der Waals surface area contributed by atoms with E-state index in [1.807, 2.05) is 87.4 Å². The summed E-state index contributed by atoms with van der Waals surface area (Å²) in [6.07, 6.45) is 4.65. The monoisotopic (exact) mass is 631 g/mol. The Labute approximate surface area is 272 Å². The first-order valence-corrected chi connectivity index (χ1v) is 16.3. The molecule has 2 aromatic rings. The Balaban J connectivity index is 1.67. The Kier molecular flexibility index (Phi) is 12.0. The molecule has 2 aromatic carbocycles. The fourth-order valence-electron chi connectivity index (χ4n) is 6.02. The maximum Gasteiger partial charge on any atom is 0.247 e. The molecule has 6 atom stereocenters. The van der Waals surface area contributed by atoms with Gasteiger partial charge in [0.2, 0.25) is 23.6 Å². The Morgan fingerprint density at radius 2 is 1.72 bits per heavy atom. The largest absolute Gasteiger partial charge is 0.488 e. The minimum atomic E-state index is -1.01. The highest BCUT2D eigenvalue weighted by Crippen LogP contribution is 2.27. The standard InChI is InChI=1S/C36H49N5O5/c1-7-24(4)31(39-34(43)29(40(5)6)21-23(2)3)36(45)41-20-18-30-32(41)35(44)38-28(22-26-11-9-8-10-12-26)33(42)37-19-17-25-13-15-27(46-30)16-14-25/h8-17,19,23-24,28-32H,7,18,20-22H2,1-6H3,(H,37,42)(H,38,44)(H,39,43)/t24-,28+,29-,30-,31+,32-/m0/s1. The van der Waals surface area contributed by atoms with Crippen molar-refractivity contribution in [3.8, 4) is 5.75 Å². The molecular formula is C36H49N5O5. The van der Waals surface area contributed by atoms with Crippen molar-refractivity contribution in [1.29, 1.82) is 0 Å². The lowest BCUT2D eigenvalue weighted by Gasteiger charge is -2.34.